The van der Waals surface area contributed by atoms with Crippen molar-refractivity contribution in [2.24, 2.45) is 5.92 Å². The van der Waals surface area contributed by atoms with Crippen molar-refractivity contribution in [1.29, 1.82) is 0 Å². The second-order valence-corrected chi connectivity index (χ2v) is 7.61. The number of hydrogen-bond acceptors (Lipinski definition) is 3. The number of halogens is 2. The lowest BCUT2D eigenvalue weighted by Crippen LogP contribution is -2.33. The van der Waals surface area contributed by atoms with Crippen LogP contribution in [0.3, 0.4) is 0 Å². The summed E-state index contributed by atoms with van der Waals surface area (Å²) in [4.78, 5) is -0.0111. The molecule has 0 aromatic heterocycles. The van der Waals surface area contributed by atoms with Gasteiger partial charge in [0, 0.05) is 6.54 Å². The van der Waals surface area contributed by atoms with Crippen molar-refractivity contribution < 1.29 is 13.5 Å². The van der Waals surface area contributed by atoms with Gasteiger partial charge in [0.25, 0.3) is 0 Å². The smallest absolute Gasteiger partial charge is 0.242 e. The molecule has 0 aliphatic heterocycles. The van der Waals surface area contributed by atoms with Gasteiger partial charge in [-0.2, -0.15) is 0 Å². The van der Waals surface area contributed by atoms with Crippen molar-refractivity contribution in [3.63, 3.8) is 0 Å². The van der Waals surface area contributed by atoms with E-state index in [2.05, 4.69) is 4.72 Å². The summed E-state index contributed by atoms with van der Waals surface area (Å²) in [6.45, 7) is 0.308. The van der Waals surface area contributed by atoms with Crippen LogP contribution in [0.1, 0.15) is 25.7 Å². The summed E-state index contributed by atoms with van der Waals surface area (Å²) in [5, 5.41) is 9.83. The SMILES string of the molecule is O=S(=O)(NCC1CCCC(O)C1)c1cccc(Cl)c1Cl. The molecule has 2 N–H and O–H groups in total. The fourth-order valence-corrected chi connectivity index (χ4v) is 4.32. The van der Waals surface area contributed by atoms with Crippen LogP contribution in [0.15, 0.2) is 23.1 Å². The normalized spacial score (nSPS) is 23.8. The van der Waals surface area contributed by atoms with Crippen LogP contribution in [0.5, 0.6) is 0 Å². The number of hydrogen-bond donors (Lipinski definition) is 2. The minimum absolute atomic E-state index is 0.0111. The Balaban J connectivity index is 2.06. The van der Waals surface area contributed by atoms with Gasteiger partial charge in [-0.3, -0.25) is 0 Å². The van der Waals surface area contributed by atoms with Crippen molar-refractivity contribution in [3.05, 3.63) is 28.2 Å². The van der Waals surface area contributed by atoms with Crippen LogP contribution in [0.2, 0.25) is 10.0 Å². The quantitative estimate of drug-likeness (QED) is 0.887. The van der Waals surface area contributed by atoms with Gasteiger partial charge in [0.05, 0.1) is 16.1 Å². The Morgan fingerprint density at radius 1 is 1.30 bits per heavy atom. The van der Waals surface area contributed by atoms with Crippen LogP contribution < -0.4 is 4.72 Å². The van der Waals surface area contributed by atoms with Gasteiger partial charge >= 0.3 is 0 Å². The van der Waals surface area contributed by atoms with Gasteiger partial charge in [-0.05, 0) is 37.3 Å². The van der Waals surface area contributed by atoms with Crippen molar-refractivity contribution in [2.45, 2.75) is 36.7 Å². The minimum atomic E-state index is -3.68. The van der Waals surface area contributed by atoms with Crippen LogP contribution in [0, 0.1) is 5.92 Å². The molecular weight excluding hydrogens is 321 g/mol. The maximum Gasteiger partial charge on any atom is 0.242 e. The zero-order chi connectivity index (χ0) is 14.8. The molecule has 0 saturated heterocycles. The zero-order valence-corrected chi connectivity index (χ0v) is 13.2. The summed E-state index contributed by atoms with van der Waals surface area (Å²) in [6.07, 6.45) is 2.94. The van der Waals surface area contributed by atoms with Gasteiger partial charge in [0.2, 0.25) is 10.0 Å². The molecule has 20 heavy (non-hydrogen) atoms. The second kappa shape index (κ2) is 6.62. The molecule has 1 aromatic rings. The monoisotopic (exact) mass is 337 g/mol. The van der Waals surface area contributed by atoms with E-state index in [-0.39, 0.29) is 27.0 Å². The topological polar surface area (TPSA) is 66.4 Å². The van der Waals surface area contributed by atoms with E-state index in [9.17, 15) is 13.5 Å². The summed E-state index contributed by atoms with van der Waals surface area (Å²) >= 11 is 11.8. The molecule has 1 fully saturated rings. The molecule has 1 aromatic carbocycles. The molecule has 0 radical (unpaired) electrons. The average Bonchev–Trinajstić information content (AvgIpc) is 2.40. The summed E-state index contributed by atoms with van der Waals surface area (Å²) in [5.41, 5.74) is 0. The Bertz CT molecular complexity index is 577. The lowest BCUT2D eigenvalue weighted by atomic mass is 9.87. The van der Waals surface area contributed by atoms with Crippen LogP contribution >= 0.6 is 23.2 Å². The molecule has 112 valence electrons. The van der Waals surface area contributed by atoms with E-state index < -0.39 is 10.0 Å². The highest BCUT2D eigenvalue weighted by molar-refractivity contribution is 7.89. The molecule has 0 spiro atoms. The number of aliphatic hydroxyl groups excluding tert-OH is 1. The summed E-state index contributed by atoms with van der Waals surface area (Å²) in [5.74, 6) is 0.159. The van der Waals surface area contributed by atoms with E-state index in [1.54, 1.807) is 12.1 Å². The standard InChI is InChI=1S/C13H17Cl2NO3S/c14-11-5-2-6-12(13(11)15)20(18,19)16-8-9-3-1-4-10(17)7-9/h2,5-6,9-10,16-17H,1,3-4,7-8H2. The molecule has 4 nitrogen and oxygen atoms in total. The van der Waals surface area contributed by atoms with Gasteiger partial charge in [0.1, 0.15) is 4.90 Å². The van der Waals surface area contributed by atoms with E-state index in [0.717, 1.165) is 19.3 Å². The zero-order valence-electron chi connectivity index (χ0n) is 10.9. The minimum Gasteiger partial charge on any atom is -0.393 e. The first-order chi connectivity index (χ1) is 9.40. The fraction of sp³-hybridized carbons (Fsp3) is 0.538. The second-order valence-electron chi connectivity index (χ2n) is 5.09. The third kappa shape index (κ3) is 3.86. The molecule has 2 unspecified atom stereocenters. The fourth-order valence-electron chi connectivity index (χ4n) is 2.44. The first kappa shape index (κ1) is 16.0. The first-order valence-electron chi connectivity index (χ1n) is 6.52. The molecule has 0 heterocycles. The molecule has 1 saturated carbocycles. The van der Waals surface area contributed by atoms with Gasteiger partial charge < -0.3 is 5.11 Å². The summed E-state index contributed by atoms with van der Waals surface area (Å²) in [6, 6.07) is 4.51. The predicted molar refractivity (Wildman–Crippen MR) is 79.6 cm³/mol. The lowest BCUT2D eigenvalue weighted by Gasteiger charge is -2.25. The molecule has 2 atom stereocenters. The highest BCUT2D eigenvalue weighted by atomic mass is 35.5. The Hall–Kier alpha value is -0.330. The van der Waals surface area contributed by atoms with Crippen LogP contribution in [0.4, 0.5) is 0 Å². The number of nitrogens with one attached hydrogen (secondary N) is 1. The Kier molecular flexibility index (Phi) is 5.31. The molecule has 0 bridgehead atoms. The number of rotatable bonds is 4. The first-order valence-corrected chi connectivity index (χ1v) is 8.76. The number of sulfonamides is 1. The maximum absolute atomic E-state index is 12.2. The van der Waals surface area contributed by atoms with E-state index in [1.807, 2.05) is 0 Å². The van der Waals surface area contributed by atoms with E-state index in [1.165, 1.54) is 6.07 Å². The largest absolute Gasteiger partial charge is 0.393 e. The van der Waals surface area contributed by atoms with E-state index >= 15 is 0 Å². The Morgan fingerprint density at radius 3 is 2.75 bits per heavy atom. The Labute approximate surface area is 129 Å². The van der Waals surface area contributed by atoms with Crippen molar-refractivity contribution in [1.82, 2.24) is 4.72 Å². The van der Waals surface area contributed by atoms with Crippen molar-refractivity contribution in [2.75, 3.05) is 6.54 Å². The maximum atomic E-state index is 12.2. The molecule has 1 aliphatic rings. The third-order valence-corrected chi connectivity index (χ3v) is 5.92. The lowest BCUT2D eigenvalue weighted by molar-refractivity contribution is 0.102. The van der Waals surface area contributed by atoms with Crippen molar-refractivity contribution >= 4 is 33.2 Å². The van der Waals surface area contributed by atoms with Crippen LogP contribution in [-0.4, -0.2) is 26.2 Å². The third-order valence-electron chi connectivity index (χ3n) is 3.52. The number of benzene rings is 1. The van der Waals surface area contributed by atoms with Crippen LogP contribution in [-0.2, 0) is 10.0 Å². The number of aliphatic hydroxyl groups is 1. The van der Waals surface area contributed by atoms with Gasteiger partial charge in [-0.1, -0.05) is 35.7 Å². The molecule has 1 aliphatic carbocycles. The Morgan fingerprint density at radius 2 is 2.05 bits per heavy atom. The van der Waals surface area contributed by atoms with Gasteiger partial charge in [-0.25, -0.2) is 13.1 Å². The summed E-state index contributed by atoms with van der Waals surface area (Å²) < 4.78 is 27.0. The summed E-state index contributed by atoms with van der Waals surface area (Å²) in [7, 11) is -3.68. The highest BCUT2D eigenvalue weighted by Crippen LogP contribution is 2.29. The molecular formula is C13H17Cl2NO3S. The molecule has 2 rings (SSSR count). The van der Waals surface area contributed by atoms with Crippen LogP contribution in [0.25, 0.3) is 0 Å². The highest BCUT2D eigenvalue weighted by Gasteiger charge is 2.24. The predicted octanol–water partition coefficient (Wildman–Crippen LogP) is 2.82. The van der Waals surface area contributed by atoms with E-state index in [4.69, 9.17) is 23.2 Å². The van der Waals surface area contributed by atoms with Crippen molar-refractivity contribution in [3.8, 4) is 0 Å². The van der Waals surface area contributed by atoms with Gasteiger partial charge in [-0.15, -0.1) is 0 Å². The molecule has 7 heteroatoms. The van der Waals surface area contributed by atoms with E-state index in [0.29, 0.717) is 13.0 Å². The molecule has 0 amide bonds. The van der Waals surface area contributed by atoms with Gasteiger partial charge in [0.15, 0.2) is 0 Å². The average molecular weight is 338 g/mol.